The van der Waals surface area contributed by atoms with Gasteiger partial charge in [0.2, 0.25) is 5.91 Å². The van der Waals surface area contributed by atoms with Crippen molar-refractivity contribution in [2.75, 3.05) is 11.1 Å². The van der Waals surface area contributed by atoms with E-state index in [4.69, 9.17) is 0 Å². The van der Waals surface area contributed by atoms with Gasteiger partial charge in [-0.3, -0.25) is 14.4 Å². The standard InChI is InChI=1S/C17H11NO3S/c19-13-7-8-22-12-6-5-11-14(15(12)18-13)17(21)10-4-2-1-3-9(10)16(11)20/h1-6H,7-8H2,(H,18,19). The van der Waals surface area contributed by atoms with Crippen LogP contribution in [0.5, 0.6) is 0 Å². The lowest BCUT2D eigenvalue weighted by molar-refractivity contribution is -0.115. The van der Waals surface area contributed by atoms with E-state index in [0.717, 1.165) is 4.90 Å². The van der Waals surface area contributed by atoms with E-state index < -0.39 is 0 Å². The number of thioether (sulfide) groups is 1. The zero-order valence-corrected chi connectivity index (χ0v) is 12.3. The predicted molar refractivity (Wildman–Crippen MR) is 83.7 cm³/mol. The lowest BCUT2D eigenvalue weighted by atomic mass is 9.83. The van der Waals surface area contributed by atoms with Crippen LogP contribution in [0.2, 0.25) is 0 Å². The Kier molecular flexibility index (Phi) is 2.90. The van der Waals surface area contributed by atoms with Crippen molar-refractivity contribution in [2.45, 2.75) is 11.3 Å². The summed E-state index contributed by atoms with van der Waals surface area (Å²) in [6, 6.07) is 10.3. The van der Waals surface area contributed by atoms with Crippen LogP contribution in [0.4, 0.5) is 5.69 Å². The minimum Gasteiger partial charge on any atom is -0.324 e. The normalized spacial score (nSPS) is 16.3. The highest BCUT2D eigenvalue weighted by molar-refractivity contribution is 7.99. The van der Waals surface area contributed by atoms with Crippen LogP contribution in [0, 0.1) is 0 Å². The summed E-state index contributed by atoms with van der Waals surface area (Å²) in [5.41, 5.74) is 2.00. The maximum atomic E-state index is 12.8. The number of ketones is 2. The first-order chi connectivity index (χ1) is 10.7. The van der Waals surface area contributed by atoms with Gasteiger partial charge in [0.1, 0.15) is 0 Å². The fourth-order valence-electron chi connectivity index (χ4n) is 2.87. The Bertz CT molecular complexity index is 857. The van der Waals surface area contributed by atoms with Gasteiger partial charge in [0, 0.05) is 33.8 Å². The number of carbonyl (C=O) groups is 3. The third-order valence-corrected chi connectivity index (χ3v) is 4.97. The number of hydrogen-bond donors (Lipinski definition) is 1. The molecule has 0 radical (unpaired) electrons. The molecule has 2 aromatic rings. The number of benzene rings is 2. The second kappa shape index (κ2) is 4.81. The van der Waals surface area contributed by atoms with Crippen LogP contribution >= 0.6 is 11.8 Å². The molecule has 4 nitrogen and oxygen atoms in total. The highest BCUT2D eigenvalue weighted by Gasteiger charge is 2.33. The third kappa shape index (κ3) is 1.82. The van der Waals surface area contributed by atoms with E-state index >= 15 is 0 Å². The van der Waals surface area contributed by atoms with Crippen LogP contribution in [0.1, 0.15) is 38.3 Å². The van der Waals surface area contributed by atoms with Crippen LogP contribution < -0.4 is 5.32 Å². The molecule has 2 aliphatic rings. The van der Waals surface area contributed by atoms with Crippen molar-refractivity contribution in [3.63, 3.8) is 0 Å². The Morgan fingerprint density at radius 2 is 1.59 bits per heavy atom. The number of anilines is 1. The Hall–Kier alpha value is -2.40. The average molecular weight is 309 g/mol. The molecule has 0 atom stereocenters. The van der Waals surface area contributed by atoms with Gasteiger partial charge in [0.15, 0.2) is 11.6 Å². The van der Waals surface area contributed by atoms with Crippen molar-refractivity contribution >= 4 is 34.9 Å². The van der Waals surface area contributed by atoms with Crippen molar-refractivity contribution in [1.29, 1.82) is 0 Å². The van der Waals surface area contributed by atoms with Gasteiger partial charge < -0.3 is 5.32 Å². The molecular formula is C17H11NO3S. The summed E-state index contributed by atoms with van der Waals surface area (Å²) in [6.07, 6.45) is 0.396. The monoisotopic (exact) mass is 309 g/mol. The largest absolute Gasteiger partial charge is 0.324 e. The minimum absolute atomic E-state index is 0.126. The maximum Gasteiger partial charge on any atom is 0.225 e. The average Bonchev–Trinajstić information content (AvgIpc) is 2.72. The van der Waals surface area contributed by atoms with Gasteiger partial charge in [-0.05, 0) is 12.1 Å². The number of carbonyl (C=O) groups excluding carboxylic acids is 3. The molecule has 0 saturated heterocycles. The summed E-state index contributed by atoms with van der Waals surface area (Å²) < 4.78 is 0. The molecule has 4 rings (SSSR count). The van der Waals surface area contributed by atoms with E-state index in [1.165, 1.54) is 11.8 Å². The molecule has 0 fully saturated rings. The summed E-state index contributed by atoms with van der Waals surface area (Å²) in [5.74, 6) is 0.163. The molecular weight excluding hydrogens is 298 g/mol. The van der Waals surface area contributed by atoms with E-state index in [2.05, 4.69) is 5.32 Å². The van der Waals surface area contributed by atoms with Crippen LogP contribution in [-0.2, 0) is 4.79 Å². The minimum atomic E-state index is -0.204. The van der Waals surface area contributed by atoms with E-state index in [-0.39, 0.29) is 17.5 Å². The molecule has 22 heavy (non-hydrogen) atoms. The van der Waals surface area contributed by atoms with Crippen LogP contribution in [-0.4, -0.2) is 23.2 Å². The van der Waals surface area contributed by atoms with Crippen molar-refractivity contribution < 1.29 is 14.4 Å². The molecule has 0 unspecified atom stereocenters. The second-order valence-corrected chi connectivity index (χ2v) is 6.35. The predicted octanol–water partition coefficient (Wildman–Crippen LogP) is 2.90. The molecule has 5 heteroatoms. The van der Waals surface area contributed by atoms with Crippen LogP contribution in [0.25, 0.3) is 0 Å². The van der Waals surface area contributed by atoms with Gasteiger partial charge in [-0.2, -0.15) is 0 Å². The molecule has 0 spiro atoms. The smallest absolute Gasteiger partial charge is 0.225 e. The van der Waals surface area contributed by atoms with Gasteiger partial charge in [-0.15, -0.1) is 11.8 Å². The lowest BCUT2D eigenvalue weighted by Gasteiger charge is -2.21. The van der Waals surface area contributed by atoms with E-state index in [1.54, 1.807) is 30.3 Å². The molecule has 0 saturated carbocycles. The summed E-state index contributed by atoms with van der Waals surface area (Å²) >= 11 is 1.52. The lowest BCUT2D eigenvalue weighted by Crippen LogP contribution is -2.23. The summed E-state index contributed by atoms with van der Waals surface area (Å²) in [5, 5.41) is 2.80. The maximum absolute atomic E-state index is 12.8. The van der Waals surface area contributed by atoms with Gasteiger partial charge in [0.05, 0.1) is 11.3 Å². The molecule has 2 aromatic carbocycles. The Balaban J connectivity index is 1.99. The topological polar surface area (TPSA) is 63.2 Å². The zero-order chi connectivity index (χ0) is 15.3. The summed E-state index contributed by atoms with van der Waals surface area (Å²) in [6.45, 7) is 0. The van der Waals surface area contributed by atoms with Crippen molar-refractivity contribution in [2.24, 2.45) is 0 Å². The quantitative estimate of drug-likeness (QED) is 0.693. The number of amides is 1. The Morgan fingerprint density at radius 3 is 2.36 bits per heavy atom. The van der Waals surface area contributed by atoms with Crippen molar-refractivity contribution in [1.82, 2.24) is 0 Å². The SMILES string of the molecule is O=C1CCSc2ccc3c(c2N1)C(=O)c1ccccc1C3=O. The number of hydrogen-bond acceptors (Lipinski definition) is 4. The second-order valence-electron chi connectivity index (χ2n) is 5.21. The third-order valence-electron chi connectivity index (χ3n) is 3.91. The Morgan fingerprint density at radius 1 is 0.864 bits per heavy atom. The van der Waals surface area contributed by atoms with Gasteiger partial charge in [-0.25, -0.2) is 0 Å². The molecule has 0 aromatic heterocycles. The summed E-state index contributed by atoms with van der Waals surface area (Å²) in [7, 11) is 0. The number of fused-ring (bicyclic) bond motifs is 4. The number of rotatable bonds is 0. The van der Waals surface area contributed by atoms with E-state index in [0.29, 0.717) is 40.1 Å². The highest BCUT2D eigenvalue weighted by Crippen LogP contribution is 2.39. The fraction of sp³-hybridized carbons (Fsp3) is 0.118. The Labute approximate surface area is 130 Å². The molecule has 1 amide bonds. The van der Waals surface area contributed by atoms with Gasteiger partial charge in [0.25, 0.3) is 0 Å². The van der Waals surface area contributed by atoms with Gasteiger partial charge in [-0.1, -0.05) is 24.3 Å². The molecule has 0 bridgehead atoms. The van der Waals surface area contributed by atoms with Crippen LogP contribution in [0.15, 0.2) is 41.3 Å². The van der Waals surface area contributed by atoms with Gasteiger partial charge >= 0.3 is 0 Å². The summed E-state index contributed by atoms with van der Waals surface area (Å²) in [4.78, 5) is 38.1. The first-order valence-corrected chi connectivity index (χ1v) is 7.93. The van der Waals surface area contributed by atoms with Crippen molar-refractivity contribution in [3.05, 3.63) is 58.7 Å². The van der Waals surface area contributed by atoms with E-state index in [9.17, 15) is 14.4 Å². The zero-order valence-electron chi connectivity index (χ0n) is 11.5. The first kappa shape index (κ1) is 13.3. The number of nitrogens with one attached hydrogen (secondary N) is 1. The van der Waals surface area contributed by atoms with Crippen molar-refractivity contribution in [3.8, 4) is 0 Å². The molecule has 1 aliphatic carbocycles. The molecule has 1 N–H and O–H groups in total. The molecule has 1 heterocycles. The van der Waals surface area contributed by atoms with Crippen LogP contribution in [0.3, 0.4) is 0 Å². The first-order valence-electron chi connectivity index (χ1n) is 6.95. The fourth-order valence-corrected chi connectivity index (χ4v) is 3.84. The molecule has 108 valence electrons. The highest BCUT2D eigenvalue weighted by atomic mass is 32.2. The molecule has 1 aliphatic heterocycles. The van der Waals surface area contributed by atoms with E-state index in [1.807, 2.05) is 6.07 Å².